The molecular weight excluding hydrogens is 317 g/mol. The molecule has 0 aliphatic carbocycles. The minimum Gasteiger partial charge on any atom is -0.396 e. The van der Waals surface area contributed by atoms with E-state index in [0.29, 0.717) is 25.9 Å². The number of hydrogen-bond donors (Lipinski definition) is 1. The summed E-state index contributed by atoms with van der Waals surface area (Å²) in [4.78, 5) is -0.197. The molecule has 1 aromatic carbocycles. The molecule has 0 unspecified atom stereocenters. The van der Waals surface area contributed by atoms with Crippen LogP contribution in [0.1, 0.15) is 26.2 Å². The number of rotatable bonds is 4. The molecule has 1 aromatic rings. The zero-order valence-electron chi connectivity index (χ0n) is 11.8. The fourth-order valence-electron chi connectivity index (χ4n) is 2.64. The van der Waals surface area contributed by atoms with Crippen LogP contribution < -0.4 is 0 Å². The predicted octanol–water partition coefficient (Wildman–Crippen LogP) is 2.65. The van der Waals surface area contributed by atoms with Gasteiger partial charge in [0.2, 0.25) is 10.0 Å². The van der Waals surface area contributed by atoms with E-state index in [9.17, 15) is 17.9 Å². The molecule has 1 saturated heterocycles. The van der Waals surface area contributed by atoms with Crippen LogP contribution in [0.2, 0.25) is 5.02 Å². The molecule has 1 aliphatic heterocycles. The first-order valence-electron chi connectivity index (χ1n) is 6.91. The van der Waals surface area contributed by atoms with Crippen LogP contribution in [-0.2, 0) is 10.0 Å². The molecular formula is C14H19ClFNO3S. The number of sulfonamides is 1. The highest BCUT2D eigenvalue weighted by molar-refractivity contribution is 7.89. The first-order chi connectivity index (χ1) is 9.84. The molecule has 4 nitrogen and oxygen atoms in total. The molecule has 1 N–H and O–H groups in total. The molecule has 118 valence electrons. The second-order valence-corrected chi connectivity index (χ2v) is 7.80. The maximum Gasteiger partial charge on any atom is 0.244 e. The number of hydrogen-bond acceptors (Lipinski definition) is 3. The number of piperidine rings is 1. The molecule has 7 heteroatoms. The van der Waals surface area contributed by atoms with Crippen LogP contribution in [0.25, 0.3) is 0 Å². The van der Waals surface area contributed by atoms with Gasteiger partial charge in [-0.2, -0.15) is 4.31 Å². The molecule has 0 bridgehead atoms. The smallest absolute Gasteiger partial charge is 0.244 e. The van der Waals surface area contributed by atoms with Gasteiger partial charge in [-0.1, -0.05) is 18.5 Å². The summed E-state index contributed by atoms with van der Waals surface area (Å²) in [7, 11) is -3.80. The van der Waals surface area contributed by atoms with Crippen molar-refractivity contribution in [3.8, 4) is 0 Å². The van der Waals surface area contributed by atoms with Crippen LogP contribution in [0.3, 0.4) is 0 Å². The standard InChI is InChI=1S/C14H19ClFNO3S/c1-2-14(10-18)5-7-17(8-6-14)21(19,20)13-9-11(16)3-4-12(13)15/h3-4,9,18H,2,5-8,10H2,1H3. The maximum atomic E-state index is 13.3. The summed E-state index contributed by atoms with van der Waals surface area (Å²) >= 11 is 5.90. The van der Waals surface area contributed by atoms with Gasteiger partial charge in [-0.25, -0.2) is 12.8 Å². The number of aliphatic hydroxyl groups is 1. The van der Waals surface area contributed by atoms with Crippen molar-refractivity contribution in [3.05, 3.63) is 29.0 Å². The van der Waals surface area contributed by atoms with Crippen LogP contribution in [0, 0.1) is 11.2 Å². The first-order valence-corrected chi connectivity index (χ1v) is 8.72. The fraction of sp³-hybridized carbons (Fsp3) is 0.571. The van der Waals surface area contributed by atoms with Crippen molar-refractivity contribution in [2.24, 2.45) is 5.41 Å². The second-order valence-electron chi connectivity index (χ2n) is 5.49. The van der Waals surface area contributed by atoms with Crippen molar-refractivity contribution < 1.29 is 17.9 Å². The molecule has 2 rings (SSSR count). The van der Waals surface area contributed by atoms with Crippen molar-refractivity contribution in [1.82, 2.24) is 4.31 Å². The van der Waals surface area contributed by atoms with Gasteiger partial charge >= 0.3 is 0 Å². The third kappa shape index (κ3) is 3.23. The van der Waals surface area contributed by atoms with E-state index in [4.69, 9.17) is 11.6 Å². The van der Waals surface area contributed by atoms with Gasteiger partial charge in [0.25, 0.3) is 0 Å². The van der Waals surface area contributed by atoms with E-state index >= 15 is 0 Å². The fourth-order valence-corrected chi connectivity index (χ4v) is 4.57. The van der Waals surface area contributed by atoms with Gasteiger partial charge in [0.15, 0.2) is 0 Å². The van der Waals surface area contributed by atoms with E-state index < -0.39 is 15.8 Å². The minimum absolute atomic E-state index is 0.0193. The maximum absolute atomic E-state index is 13.3. The van der Waals surface area contributed by atoms with Crippen molar-refractivity contribution in [1.29, 1.82) is 0 Å². The normalized spacial score (nSPS) is 19.6. The highest BCUT2D eigenvalue weighted by Gasteiger charge is 2.37. The molecule has 0 amide bonds. The molecule has 1 aliphatic rings. The molecule has 21 heavy (non-hydrogen) atoms. The predicted molar refractivity (Wildman–Crippen MR) is 79.2 cm³/mol. The Morgan fingerprint density at radius 1 is 1.38 bits per heavy atom. The van der Waals surface area contributed by atoms with Crippen LogP contribution in [0.5, 0.6) is 0 Å². The summed E-state index contributed by atoms with van der Waals surface area (Å²) in [5, 5.41) is 9.51. The minimum atomic E-state index is -3.80. The van der Waals surface area contributed by atoms with E-state index in [-0.39, 0.29) is 21.9 Å². The summed E-state index contributed by atoms with van der Waals surface area (Å²) in [6.07, 6.45) is 1.98. The highest BCUT2D eigenvalue weighted by Crippen LogP contribution is 2.36. The van der Waals surface area contributed by atoms with Crippen LogP contribution in [0.4, 0.5) is 4.39 Å². The lowest BCUT2D eigenvalue weighted by Gasteiger charge is -2.39. The average Bonchev–Trinajstić information content (AvgIpc) is 2.49. The lowest BCUT2D eigenvalue weighted by molar-refractivity contribution is 0.0647. The highest BCUT2D eigenvalue weighted by atomic mass is 35.5. The van der Waals surface area contributed by atoms with E-state index in [0.717, 1.165) is 18.6 Å². The largest absolute Gasteiger partial charge is 0.396 e. The van der Waals surface area contributed by atoms with Gasteiger partial charge in [0, 0.05) is 19.7 Å². The van der Waals surface area contributed by atoms with Crippen molar-refractivity contribution >= 4 is 21.6 Å². The Morgan fingerprint density at radius 2 is 2.00 bits per heavy atom. The lowest BCUT2D eigenvalue weighted by Crippen LogP contribution is -2.44. The topological polar surface area (TPSA) is 57.6 Å². The van der Waals surface area contributed by atoms with Gasteiger partial charge in [-0.15, -0.1) is 0 Å². The van der Waals surface area contributed by atoms with E-state index in [1.807, 2.05) is 6.92 Å². The SMILES string of the molecule is CCC1(CO)CCN(S(=O)(=O)c2cc(F)ccc2Cl)CC1. The Labute approximate surface area is 129 Å². The number of benzene rings is 1. The third-order valence-electron chi connectivity index (χ3n) is 4.38. The van der Waals surface area contributed by atoms with Crippen LogP contribution in [-0.4, -0.2) is 37.5 Å². The molecule has 0 saturated carbocycles. The summed E-state index contributed by atoms with van der Waals surface area (Å²) < 4.78 is 39.7. The number of halogens is 2. The number of aliphatic hydroxyl groups excluding tert-OH is 1. The molecule has 0 atom stereocenters. The second kappa shape index (κ2) is 6.20. The molecule has 1 fully saturated rings. The summed E-state index contributed by atoms with van der Waals surface area (Å²) in [6, 6.07) is 3.33. The molecule has 0 aromatic heterocycles. The zero-order chi connectivity index (χ0) is 15.7. The monoisotopic (exact) mass is 335 g/mol. The van der Waals surface area contributed by atoms with Gasteiger partial charge in [-0.3, -0.25) is 0 Å². The van der Waals surface area contributed by atoms with E-state index in [1.165, 1.54) is 10.4 Å². The van der Waals surface area contributed by atoms with Crippen molar-refractivity contribution in [3.63, 3.8) is 0 Å². The van der Waals surface area contributed by atoms with E-state index in [1.54, 1.807) is 0 Å². The average molecular weight is 336 g/mol. The molecule has 0 radical (unpaired) electrons. The van der Waals surface area contributed by atoms with Gasteiger partial charge in [0.1, 0.15) is 10.7 Å². The Bertz CT molecular complexity index is 607. The van der Waals surface area contributed by atoms with Gasteiger partial charge < -0.3 is 5.11 Å². The van der Waals surface area contributed by atoms with Crippen molar-refractivity contribution in [2.45, 2.75) is 31.1 Å². The Kier molecular flexibility index (Phi) is 4.92. The van der Waals surface area contributed by atoms with Crippen LogP contribution in [0.15, 0.2) is 23.1 Å². The third-order valence-corrected chi connectivity index (χ3v) is 6.76. The van der Waals surface area contributed by atoms with Crippen LogP contribution >= 0.6 is 11.6 Å². The Morgan fingerprint density at radius 3 is 2.52 bits per heavy atom. The summed E-state index contributed by atoms with van der Waals surface area (Å²) in [5.41, 5.74) is -0.211. The summed E-state index contributed by atoms with van der Waals surface area (Å²) in [5.74, 6) is -0.631. The van der Waals surface area contributed by atoms with Crippen molar-refractivity contribution in [2.75, 3.05) is 19.7 Å². The van der Waals surface area contributed by atoms with Gasteiger partial charge in [0.05, 0.1) is 5.02 Å². The lowest BCUT2D eigenvalue weighted by atomic mass is 9.77. The quantitative estimate of drug-likeness (QED) is 0.920. The number of nitrogens with zero attached hydrogens (tertiary/aromatic N) is 1. The molecule has 0 spiro atoms. The first kappa shape index (κ1) is 16.7. The zero-order valence-corrected chi connectivity index (χ0v) is 13.4. The summed E-state index contributed by atoms with van der Waals surface area (Å²) in [6.45, 7) is 2.66. The molecule has 1 heterocycles. The van der Waals surface area contributed by atoms with E-state index in [2.05, 4.69) is 0 Å². The van der Waals surface area contributed by atoms with Gasteiger partial charge in [-0.05, 0) is 42.9 Å². The Hall–Kier alpha value is -0.690. The Balaban J connectivity index is 2.24.